The molecule has 0 radical (unpaired) electrons. The van der Waals surface area contributed by atoms with Crippen LogP contribution in [-0.2, 0) is 4.79 Å². The van der Waals surface area contributed by atoms with E-state index in [1.165, 1.54) is 0 Å². The maximum atomic E-state index is 12.4. The number of hydrogen-bond acceptors (Lipinski definition) is 3. The molecule has 7 heteroatoms. The Balaban J connectivity index is 1.45. The lowest BCUT2D eigenvalue weighted by atomic mass is 10.0. The smallest absolute Gasteiger partial charge is 0.260 e. The zero-order valence-corrected chi connectivity index (χ0v) is 16.2. The molecule has 0 bridgehead atoms. The highest BCUT2D eigenvalue weighted by atomic mass is 35.5. The minimum Gasteiger partial charge on any atom is -0.484 e. The number of hydrogen-bond donors (Lipinski definition) is 1. The molecule has 2 aromatic rings. The van der Waals surface area contributed by atoms with Crippen LogP contribution in [0.15, 0.2) is 48.5 Å². The van der Waals surface area contributed by atoms with Crippen molar-refractivity contribution in [3.05, 3.63) is 64.1 Å². The van der Waals surface area contributed by atoms with E-state index in [4.69, 9.17) is 27.9 Å². The van der Waals surface area contributed by atoms with Gasteiger partial charge in [-0.1, -0.05) is 41.4 Å². The standard InChI is InChI=1S/C20H20Cl2N2O3/c21-14-6-7-17(18(22)12-14)20(26)23-15-8-10-24(11-9-15)19(25)13-27-16-4-2-1-3-5-16/h1-7,12,15H,8-11,13H2,(H,23,26). The SMILES string of the molecule is O=C(NC1CCN(C(=O)COc2ccccc2)CC1)c1ccc(Cl)cc1Cl. The van der Waals surface area contributed by atoms with Gasteiger partial charge in [0.1, 0.15) is 5.75 Å². The highest BCUT2D eigenvalue weighted by Crippen LogP contribution is 2.21. The summed E-state index contributed by atoms with van der Waals surface area (Å²) < 4.78 is 5.51. The Morgan fingerprint density at radius 3 is 2.44 bits per heavy atom. The molecule has 27 heavy (non-hydrogen) atoms. The van der Waals surface area contributed by atoms with E-state index in [-0.39, 0.29) is 24.5 Å². The Morgan fingerprint density at radius 2 is 1.78 bits per heavy atom. The van der Waals surface area contributed by atoms with Crippen LogP contribution in [0.2, 0.25) is 10.0 Å². The number of ether oxygens (including phenoxy) is 1. The highest BCUT2D eigenvalue weighted by molar-refractivity contribution is 6.36. The third kappa shape index (κ3) is 5.37. The number of rotatable bonds is 5. The second-order valence-electron chi connectivity index (χ2n) is 6.35. The van der Waals surface area contributed by atoms with Crippen LogP contribution < -0.4 is 10.1 Å². The fourth-order valence-electron chi connectivity index (χ4n) is 2.96. The molecule has 3 rings (SSSR count). The number of amides is 2. The van der Waals surface area contributed by atoms with E-state index < -0.39 is 0 Å². The fraction of sp³-hybridized carbons (Fsp3) is 0.300. The molecule has 1 aliphatic heterocycles. The van der Waals surface area contributed by atoms with E-state index >= 15 is 0 Å². The Hall–Kier alpha value is -2.24. The Morgan fingerprint density at radius 1 is 1.07 bits per heavy atom. The molecule has 0 atom stereocenters. The monoisotopic (exact) mass is 406 g/mol. The first kappa shape index (κ1) is 19.5. The van der Waals surface area contributed by atoms with Gasteiger partial charge in [-0.3, -0.25) is 9.59 Å². The first-order valence-corrected chi connectivity index (χ1v) is 9.50. The number of carbonyl (C=O) groups is 2. The molecular formula is C20H20Cl2N2O3. The molecule has 0 saturated carbocycles. The van der Waals surface area contributed by atoms with Crippen LogP contribution in [0.5, 0.6) is 5.75 Å². The third-order valence-electron chi connectivity index (χ3n) is 4.46. The number of para-hydroxylation sites is 1. The van der Waals surface area contributed by atoms with E-state index in [0.29, 0.717) is 47.3 Å². The van der Waals surface area contributed by atoms with E-state index in [1.807, 2.05) is 30.3 Å². The van der Waals surface area contributed by atoms with E-state index in [2.05, 4.69) is 5.32 Å². The van der Waals surface area contributed by atoms with Gasteiger partial charge in [-0.2, -0.15) is 0 Å². The maximum Gasteiger partial charge on any atom is 0.260 e. The first-order chi connectivity index (χ1) is 13.0. The predicted octanol–water partition coefficient (Wildman–Crippen LogP) is 3.79. The zero-order chi connectivity index (χ0) is 19.2. The molecule has 0 aliphatic carbocycles. The lowest BCUT2D eigenvalue weighted by Gasteiger charge is -2.32. The van der Waals surface area contributed by atoms with E-state index in [9.17, 15) is 9.59 Å². The number of benzene rings is 2. The van der Waals surface area contributed by atoms with Gasteiger partial charge >= 0.3 is 0 Å². The number of piperidine rings is 1. The lowest BCUT2D eigenvalue weighted by Crippen LogP contribution is -2.47. The molecule has 1 fully saturated rings. The second kappa shape index (κ2) is 9.11. The number of likely N-dealkylation sites (tertiary alicyclic amines) is 1. The summed E-state index contributed by atoms with van der Waals surface area (Å²) in [6.45, 7) is 1.17. The van der Waals surface area contributed by atoms with Crippen molar-refractivity contribution < 1.29 is 14.3 Å². The molecule has 5 nitrogen and oxygen atoms in total. The molecule has 2 amide bonds. The summed E-state index contributed by atoms with van der Waals surface area (Å²) in [7, 11) is 0. The summed E-state index contributed by atoms with van der Waals surface area (Å²) in [5, 5.41) is 3.79. The minimum atomic E-state index is -0.228. The molecule has 142 valence electrons. The summed E-state index contributed by atoms with van der Waals surface area (Å²) in [4.78, 5) is 26.4. The van der Waals surface area contributed by atoms with Crippen molar-refractivity contribution in [2.75, 3.05) is 19.7 Å². The van der Waals surface area contributed by atoms with Gasteiger partial charge in [-0.25, -0.2) is 0 Å². The van der Waals surface area contributed by atoms with Crippen LogP contribution in [0.3, 0.4) is 0 Å². The molecule has 1 aliphatic rings. The fourth-order valence-corrected chi connectivity index (χ4v) is 3.46. The quantitative estimate of drug-likeness (QED) is 0.821. The number of nitrogens with one attached hydrogen (secondary N) is 1. The van der Waals surface area contributed by atoms with Crippen molar-refractivity contribution in [3.63, 3.8) is 0 Å². The molecule has 2 aromatic carbocycles. The molecule has 1 N–H and O–H groups in total. The molecule has 1 saturated heterocycles. The third-order valence-corrected chi connectivity index (χ3v) is 5.01. The highest BCUT2D eigenvalue weighted by Gasteiger charge is 2.25. The van der Waals surface area contributed by atoms with E-state index in [0.717, 1.165) is 0 Å². The Kier molecular flexibility index (Phi) is 6.58. The van der Waals surface area contributed by atoms with Crippen LogP contribution in [0, 0.1) is 0 Å². The van der Waals surface area contributed by atoms with Crippen LogP contribution in [0.4, 0.5) is 0 Å². The molecule has 1 heterocycles. The summed E-state index contributed by atoms with van der Waals surface area (Å²) in [6, 6.07) is 14.0. The van der Waals surface area contributed by atoms with Gasteiger partial charge in [0.2, 0.25) is 0 Å². The van der Waals surface area contributed by atoms with Crippen LogP contribution in [0.25, 0.3) is 0 Å². The number of halogens is 2. The lowest BCUT2D eigenvalue weighted by molar-refractivity contribution is -0.134. The average molecular weight is 407 g/mol. The predicted molar refractivity (Wildman–Crippen MR) is 105 cm³/mol. The second-order valence-corrected chi connectivity index (χ2v) is 7.20. The Labute approximate surface area is 168 Å². The average Bonchev–Trinajstić information content (AvgIpc) is 2.67. The number of nitrogens with zero attached hydrogens (tertiary/aromatic N) is 1. The van der Waals surface area contributed by atoms with Gasteiger partial charge in [0.05, 0.1) is 10.6 Å². The van der Waals surface area contributed by atoms with Crippen LogP contribution in [0.1, 0.15) is 23.2 Å². The van der Waals surface area contributed by atoms with Crippen molar-refractivity contribution in [2.24, 2.45) is 0 Å². The first-order valence-electron chi connectivity index (χ1n) is 8.74. The molecule has 0 unspecified atom stereocenters. The summed E-state index contributed by atoms with van der Waals surface area (Å²) in [5.41, 5.74) is 0.399. The van der Waals surface area contributed by atoms with Gasteiger partial charge < -0.3 is 15.0 Å². The van der Waals surface area contributed by atoms with Gasteiger partial charge in [0, 0.05) is 24.2 Å². The molecule has 0 spiro atoms. The van der Waals surface area contributed by atoms with Crippen molar-refractivity contribution in [1.29, 1.82) is 0 Å². The van der Waals surface area contributed by atoms with Gasteiger partial charge in [0.25, 0.3) is 11.8 Å². The van der Waals surface area contributed by atoms with Gasteiger partial charge in [-0.15, -0.1) is 0 Å². The minimum absolute atomic E-state index is 0.00309. The van der Waals surface area contributed by atoms with Crippen molar-refractivity contribution in [1.82, 2.24) is 10.2 Å². The van der Waals surface area contributed by atoms with Gasteiger partial charge in [-0.05, 0) is 43.2 Å². The summed E-state index contributed by atoms with van der Waals surface area (Å²) in [5.74, 6) is 0.395. The van der Waals surface area contributed by atoms with Gasteiger partial charge in [0.15, 0.2) is 6.61 Å². The number of carbonyl (C=O) groups excluding carboxylic acids is 2. The normalized spacial score (nSPS) is 14.7. The molecule has 0 aromatic heterocycles. The summed E-state index contributed by atoms with van der Waals surface area (Å²) in [6.07, 6.45) is 1.38. The van der Waals surface area contributed by atoms with Crippen LogP contribution >= 0.6 is 23.2 Å². The zero-order valence-electron chi connectivity index (χ0n) is 14.7. The van der Waals surface area contributed by atoms with E-state index in [1.54, 1.807) is 23.1 Å². The maximum absolute atomic E-state index is 12.4. The summed E-state index contributed by atoms with van der Waals surface area (Å²) >= 11 is 11.9. The van der Waals surface area contributed by atoms with Crippen molar-refractivity contribution >= 4 is 35.0 Å². The largest absolute Gasteiger partial charge is 0.484 e. The topological polar surface area (TPSA) is 58.6 Å². The molecular weight excluding hydrogens is 387 g/mol. The van der Waals surface area contributed by atoms with Crippen molar-refractivity contribution in [3.8, 4) is 5.75 Å². The van der Waals surface area contributed by atoms with Crippen LogP contribution in [-0.4, -0.2) is 42.5 Å². The van der Waals surface area contributed by atoms with Crippen molar-refractivity contribution in [2.45, 2.75) is 18.9 Å². The Bertz CT molecular complexity index is 806.